The molecule has 150 valence electrons. The summed E-state index contributed by atoms with van der Waals surface area (Å²) in [5, 5.41) is 6.70. The number of carbonyl (C=O) groups excluding carboxylic acids is 2. The van der Waals surface area contributed by atoms with Crippen molar-refractivity contribution >= 4 is 39.6 Å². The third-order valence-electron chi connectivity index (χ3n) is 4.61. The molecule has 0 saturated heterocycles. The van der Waals surface area contributed by atoms with Crippen molar-refractivity contribution in [3.05, 3.63) is 35.3 Å². The number of hydrogen-bond donors (Lipinski definition) is 2. The number of ether oxygens (including phenoxy) is 1. The Morgan fingerprint density at radius 2 is 1.96 bits per heavy atom. The summed E-state index contributed by atoms with van der Waals surface area (Å²) >= 11 is 1.55. The van der Waals surface area contributed by atoms with Gasteiger partial charge in [0.1, 0.15) is 10.6 Å². The van der Waals surface area contributed by atoms with Crippen LogP contribution in [0.4, 0.5) is 4.79 Å². The number of para-hydroxylation sites is 1. The fourth-order valence-corrected chi connectivity index (χ4v) is 4.23. The maximum absolute atomic E-state index is 12.5. The minimum Gasteiger partial charge on any atom is -0.444 e. The molecule has 0 unspecified atom stereocenters. The maximum atomic E-state index is 12.5. The standard InChI is InChI=1S/C21H27N3O3S/c1-20(2,3)27-19(26)22-14-21(12-6-7-13-21)24-17(25)10-11-18-23-15-8-4-5-9-16(15)28-18/h4-5,8-11H,6-7,12-14H2,1-3H3,(H,22,26)(H,24,25)/b11-10+. The fourth-order valence-electron chi connectivity index (χ4n) is 3.36. The zero-order valence-corrected chi connectivity index (χ0v) is 17.4. The second-order valence-corrected chi connectivity index (χ2v) is 9.25. The number of alkyl carbamates (subject to hydrolysis) is 1. The predicted molar refractivity (Wildman–Crippen MR) is 112 cm³/mol. The average molecular weight is 402 g/mol. The highest BCUT2D eigenvalue weighted by Gasteiger charge is 2.35. The van der Waals surface area contributed by atoms with Crippen molar-refractivity contribution in [3.63, 3.8) is 0 Å². The van der Waals surface area contributed by atoms with Crippen LogP contribution >= 0.6 is 11.3 Å². The minimum atomic E-state index is -0.545. The second-order valence-electron chi connectivity index (χ2n) is 8.19. The van der Waals surface area contributed by atoms with E-state index in [9.17, 15) is 9.59 Å². The van der Waals surface area contributed by atoms with Gasteiger partial charge in [0.15, 0.2) is 0 Å². The number of carbonyl (C=O) groups is 2. The smallest absolute Gasteiger partial charge is 0.407 e. The largest absolute Gasteiger partial charge is 0.444 e. The van der Waals surface area contributed by atoms with Gasteiger partial charge in [-0.1, -0.05) is 25.0 Å². The van der Waals surface area contributed by atoms with Crippen LogP contribution in [0, 0.1) is 0 Å². The molecule has 3 rings (SSSR count). The Kier molecular flexibility index (Phi) is 6.03. The predicted octanol–water partition coefficient (Wildman–Crippen LogP) is 4.26. The highest BCUT2D eigenvalue weighted by atomic mass is 32.1. The second kappa shape index (κ2) is 8.31. The molecule has 2 N–H and O–H groups in total. The number of rotatable bonds is 5. The first kappa shape index (κ1) is 20.3. The lowest BCUT2D eigenvalue weighted by molar-refractivity contribution is -0.118. The molecule has 28 heavy (non-hydrogen) atoms. The Balaban J connectivity index is 1.59. The van der Waals surface area contributed by atoms with Crippen molar-refractivity contribution in [2.45, 2.75) is 57.6 Å². The quantitative estimate of drug-likeness (QED) is 0.734. The Labute approximate surface area is 169 Å². The number of amides is 2. The van der Waals surface area contributed by atoms with Gasteiger partial charge in [-0.25, -0.2) is 9.78 Å². The average Bonchev–Trinajstić information content (AvgIpc) is 3.23. The van der Waals surface area contributed by atoms with Crippen LogP contribution in [0.1, 0.15) is 51.5 Å². The summed E-state index contributed by atoms with van der Waals surface area (Å²) in [6.07, 6.45) is 6.52. The third kappa shape index (κ3) is 5.55. The van der Waals surface area contributed by atoms with Crippen molar-refractivity contribution in [2.75, 3.05) is 6.54 Å². The Morgan fingerprint density at radius 3 is 2.64 bits per heavy atom. The number of thiazole rings is 1. The van der Waals surface area contributed by atoms with Crippen molar-refractivity contribution < 1.29 is 14.3 Å². The van der Waals surface area contributed by atoms with Crippen LogP contribution in [0.15, 0.2) is 30.3 Å². The first-order valence-corrected chi connectivity index (χ1v) is 10.4. The molecule has 1 heterocycles. The fraction of sp³-hybridized carbons (Fsp3) is 0.476. The van der Waals surface area contributed by atoms with Crippen LogP contribution < -0.4 is 10.6 Å². The van der Waals surface area contributed by atoms with E-state index in [0.717, 1.165) is 40.9 Å². The van der Waals surface area contributed by atoms with Crippen LogP contribution in [0.2, 0.25) is 0 Å². The van der Waals surface area contributed by atoms with Gasteiger partial charge in [-0.05, 0) is 51.8 Å². The highest BCUT2D eigenvalue weighted by molar-refractivity contribution is 7.19. The van der Waals surface area contributed by atoms with Gasteiger partial charge in [-0.3, -0.25) is 4.79 Å². The van der Waals surface area contributed by atoms with E-state index < -0.39 is 17.2 Å². The van der Waals surface area contributed by atoms with Crippen LogP contribution in [-0.2, 0) is 9.53 Å². The van der Waals surface area contributed by atoms with Crippen LogP contribution in [0.25, 0.3) is 16.3 Å². The Bertz CT molecular complexity index is 843. The topological polar surface area (TPSA) is 80.3 Å². The van der Waals surface area contributed by atoms with Crippen molar-refractivity contribution in [1.82, 2.24) is 15.6 Å². The summed E-state index contributed by atoms with van der Waals surface area (Å²) in [5.74, 6) is -0.174. The molecule has 2 amide bonds. The van der Waals surface area contributed by atoms with Crippen molar-refractivity contribution in [1.29, 1.82) is 0 Å². The number of hydrogen-bond acceptors (Lipinski definition) is 5. The summed E-state index contributed by atoms with van der Waals surface area (Å²) in [7, 11) is 0. The van der Waals surface area contributed by atoms with Gasteiger partial charge >= 0.3 is 6.09 Å². The molecule has 1 saturated carbocycles. The number of nitrogens with zero attached hydrogens (tertiary/aromatic N) is 1. The number of nitrogens with one attached hydrogen (secondary N) is 2. The van der Waals surface area contributed by atoms with E-state index in [1.807, 2.05) is 45.0 Å². The molecule has 1 fully saturated rings. The van der Waals surface area contributed by atoms with Gasteiger partial charge in [-0.15, -0.1) is 11.3 Å². The molecule has 1 aromatic carbocycles. The van der Waals surface area contributed by atoms with Crippen LogP contribution in [0.3, 0.4) is 0 Å². The van der Waals surface area contributed by atoms with Crippen molar-refractivity contribution in [3.8, 4) is 0 Å². The normalized spacial score (nSPS) is 16.4. The van der Waals surface area contributed by atoms with Crippen LogP contribution in [-0.4, -0.2) is 34.7 Å². The molecule has 1 aromatic heterocycles. The zero-order chi connectivity index (χ0) is 20.2. The first-order chi connectivity index (χ1) is 13.2. The zero-order valence-electron chi connectivity index (χ0n) is 16.6. The lowest BCUT2D eigenvalue weighted by Crippen LogP contribution is -2.54. The molecule has 0 radical (unpaired) electrons. The molecule has 0 aliphatic heterocycles. The summed E-state index contributed by atoms with van der Waals surface area (Å²) in [5.41, 5.74) is -0.0383. The molecule has 2 aromatic rings. The molecular formula is C21H27N3O3S. The van der Waals surface area contributed by atoms with E-state index in [1.54, 1.807) is 17.4 Å². The monoisotopic (exact) mass is 401 g/mol. The molecule has 1 aliphatic rings. The lowest BCUT2D eigenvalue weighted by Gasteiger charge is -2.30. The van der Waals surface area contributed by atoms with Gasteiger partial charge in [0.25, 0.3) is 0 Å². The number of aromatic nitrogens is 1. The summed E-state index contributed by atoms with van der Waals surface area (Å²) in [4.78, 5) is 29.0. The molecule has 0 atom stereocenters. The number of benzene rings is 1. The summed E-state index contributed by atoms with van der Waals surface area (Å²) in [6.45, 7) is 5.84. The maximum Gasteiger partial charge on any atom is 0.407 e. The molecule has 0 spiro atoms. The molecule has 6 nitrogen and oxygen atoms in total. The van der Waals surface area contributed by atoms with E-state index in [-0.39, 0.29) is 5.91 Å². The molecular weight excluding hydrogens is 374 g/mol. The van der Waals surface area contributed by atoms with E-state index in [0.29, 0.717) is 6.54 Å². The van der Waals surface area contributed by atoms with E-state index in [4.69, 9.17) is 4.74 Å². The molecule has 1 aliphatic carbocycles. The lowest BCUT2D eigenvalue weighted by atomic mass is 9.97. The first-order valence-electron chi connectivity index (χ1n) is 9.57. The SMILES string of the molecule is CC(C)(C)OC(=O)NCC1(NC(=O)/C=C/c2nc3ccccc3s2)CCCC1. The van der Waals surface area contributed by atoms with Gasteiger partial charge in [-0.2, -0.15) is 0 Å². The van der Waals surface area contributed by atoms with E-state index in [2.05, 4.69) is 15.6 Å². The van der Waals surface area contributed by atoms with Crippen molar-refractivity contribution in [2.24, 2.45) is 0 Å². The summed E-state index contributed by atoms with van der Waals surface area (Å²) in [6, 6.07) is 7.89. The Morgan fingerprint density at radius 1 is 1.25 bits per heavy atom. The minimum absolute atomic E-state index is 0.174. The Hall–Kier alpha value is -2.41. The van der Waals surface area contributed by atoms with E-state index >= 15 is 0 Å². The van der Waals surface area contributed by atoms with E-state index in [1.165, 1.54) is 6.08 Å². The van der Waals surface area contributed by atoms with Gasteiger partial charge in [0.2, 0.25) is 5.91 Å². The van der Waals surface area contributed by atoms with Gasteiger partial charge in [0, 0.05) is 12.6 Å². The third-order valence-corrected chi connectivity index (χ3v) is 5.61. The van der Waals surface area contributed by atoms with Gasteiger partial charge < -0.3 is 15.4 Å². The summed E-state index contributed by atoms with van der Waals surface area (Å²) < 4.78 is 6.39. The molecule has 7 heteroatoms. The number of fused-ring (bicyclic) bond motifs is 1. The highest BCUT2D eigenvalue weighted by Crippen LogP contribution is 2.29. The molecule has 0 bridgehead atoms. The van der Waals surface area contributed by atoms with Crippen LogP contribution in [0.5, 0.6) is 0 Å². The van der Waals surface area contributed by atoms with Gasteiger partial charge in [0.05, 0.1) is 15.8 Å².